The van der Waals surface area contributed by atoms with E-state index in [9.17, 15) is 5.11 Å². The van der Waals surface area contributed by atoms with Crippen LogP contribution in [0.2, 0.25) is 0 Å². The van der Waals surface area contributed by atoms with Crippen LogP contribution in [0.4, 0.5) is 0 Å². The minimum absolute atomic E-state index is 0.00493. The fourth-order valence-electron chi connectivity index (χ4n) is 1.92. The maximum atomic E-state index is 9.44. The first-order chi connectivity index (χ1) is 6.25. The van der Waals surface area contributed by atoms with Gasteiger partial charge in [-0.05, 0) is 29.6 Å². The average Bonchev–Trinajstić information content (AvgIpc) is 2.01. The zero-order valence-corrected chi connectivity index (χ0v) is 10.4. The van der Waals surface area contributed by atoms with Gasteiger partial charge in [0.05, 0.1) is 0 Å². The lowest BCUT2D eigenvalue weighted by Crippen LogP contribution is -2.31. The molecule has 2 unspecified atom stereocenters. The Balaban J connectivity index is 4.45. The molecule has 0 aliphatic carbocycles. The largest absolute Gasteiger partial charge is 0.396 e. The maximum absolute atomic E-state index is 9.44. The van der Waals surface area contributed by atoms with E-state index in [-0.39, 0.29) is 12.0 Å². The molecule has 0 aromatic carbocycles. The Kier molecular flexibility index (Phi) is 4.87. The van der Waals surface area contributed by atoms with E-state index in [4.69, 9.17) is 0 Å². The molecule has 0 aliphatic rings. The summed E-state index contributed by atoms with van der Waals surface area (Å²) in [5.41, 5.74) is 0.325. The van der Waals surface area contributed by atoms with Gasteiger partial charge in [0, 0.05) is 6.61 Å². The zero-order chi connectivity index (χ0) is 11.4. The molecule has 84 valence electrons. The van der Waals surface area contributed by atoms with Crippen LogP contribution in [-0.4, -0.2) is 11.7 Å². The summed E-state index contributed by atoms with van der Waals surface area (Å²) in [7, 11) is 0. The van der Waals surface area contributed by atoms with Gasteiger partial charge in [0.1, 0.15) is 0 Å². The molecule has 0 rings (SSSR count). The second-order valence-corrected chi connectivity index (χ2v) is 5.97. The van der Waals surface area contributed by atoms with Crippen molar-refractivity contribution in [2.45, 2.75) is 47.5 Å². The SMILES string of the molecule is C=CCC(C)(CO)C(C)CC(C)(C)C. The number of hydrogen-bond acceptors (Lipinski definition) is 1. The standard InChI is InChI=1S/C13H26O/c1-7-8-13(6,10-14)11(2)9-12(3,4)5/h7,11,14H,1,8-10H2,2-6H3. The summed E-state index contributed by atoms with van der Waals surface area (Å²) in [6, 6.07) is 0. The lowest BCUT2D eigenvalue weighted by atomic mass is 9.70. The summed E-state index contributed by atoms with van der Waals surface area (Å²) < 4.78 is 0. The first-order valence-electron chi connectivity index (χ1n) is 5.47. The van der Waals surface area contributed by atoms with Gasteiger partial charge in [-0.2, -0.15) is 0 Å². The van der Waals surface area contributed by atoms with Crippen molar-refractivity contribution in [3.05, 3.63) is 12.7 Å². The molecule has 14 heavy (non-hydrogen) atoms. The predicted molar refractivity (Wildman–Crippen MR) is 63.2 cm³/mol. The fourth-order valence-corrected chi connectivity index (χ4v) is 1.92. The third-order valence-electron chi connectivity index (χ3n) is 3.08. The van der Waals surface area contributed by atoms with E-state index in [1.807, 2.05) is 6.08 Å². The molecule has 1 N–H and O–H groups in total. The van der Waals surface area contributed by atoms with E-state index >= 15 is 0 Å². The highest BCUT2D eigenvalue weighted by Gasteiger charge is 2.31. The van der Waals surface area contributed by atoms with Crippen molar-refractivity contribution in [2.24, 2.45) is 16.7 Å². The van der Waals surface area contributed by atoms with Crippen molar-refractivity contribution in [3.63, 3.8) is 0 Å². The molecule has 0 aromatic heterocycles. The number of aliphatic hydroxyl groups is 1. The molecule has 0 bridgehead atoms. The Hall–Kier alpha value is -0.300. The lowest BCUT2D eigenvalue weighted by molar-refractivity contribution is 0.0661. The lowest BCUT2D eigenvalue weighted by Gasteiger charge is -2.37. The second-order valence-electron chi connectivity index (χ2n) is 5.97. The smallest absolute Gasteiger partial charge is 0.0490 e. The number of hydrogen-bond donors (Lipinski definition) is 1. The van der Waals surface area contributed by atoms with E-state index in [2.05, 4.69) is 41.2 Å². The van der Waals surface area contributed by atoms with Crippen LogP contribution in [0.1, 0.15) is 47.5 Å². The van der Waals surface area contributed by atoms with Crippen molar-refractivity contribution < 1.29 is 5.11 Å². The average molecular weight is 198 g/mol. The van der Waals surface area contributed by atoms with E-state index < -0.39 is 0 Å². The van der Waals surface area contributed by atoms with Crippen molar-refractivity contribution in [1.82, 2.24) is 0 Å². The van der Waals surface area contributed by atoms with Gasteiger partial charge < -0.3 is 5.11 Å². The minimum atomic E-state index is -0.00493. The molecular weight excluding hydrogens is 172 g/mol. The zero-order valence-electron chi connectivity index (χ0n) is 10.4. The molecule has 0 amide bonds. The van der Waals surface area contributed by atoms with Crippen molar-refractivity contribution >= 4 is 0 Å². The molecule has 1 nitrogen and oxygen atoms in total. The Labute approximate surface area is 89.2 Å². The van der Waals surface area contributed by atoms with E-state index in [0.29, 0.717) is 11.3 Å². The summed E-state index contributed by atoms with van der Waals surface area (Å²) in [5.74, 6) is 0.519. The summed E-state index contributed by atoms with van der Waals surface area (Å²) in [6.45, 7) is 15.1. The van der Waals surface area contributed by atoms with Crippen molar-refractivity contribution in [3.8, 4) is 0 Å². The van der Waals surface area contributed by atoms with Crippen LogP contribution in [0.3, 0.4) is 0 Å². The Morgan fingerprint density at radius 3 is 2.07 bits per heavy atom. The number of aliphatic hydroxyl groups excluding tert-OH is 1. The predicted octanol–water partition coefficient (Wildman–Crippen LogP) is 3.63. The third-order valence-corrected chi connectivity index (χ3v) is 3.08. The van der Waals surface area contributed by atoms with Crippen molar-refractivity contribution in [1.29, 1.82) is 0 Å². The van der Waals surface area contributed by atoms with Crippen LogP contribution < -0.4 is 0 Å². The fraction of sp³-hybridized carbons (Fsp3) is 0.846. The molecule has 0 saturated heterocycles. The van der Waals surface area contributed by atoms with E-state index in [1.54, 1.807) is 0 Å². The first kappa shape index (κ1) is 13.7. The Bertz CT molecular complexity index is 178. The second kappa shape index (κ2) is 4.97. The van der Waals surface area contributed by atoms with Gasteiger partial charge in [0.15, 0.2) is 0 Å². The van der Waals surface area contributed by atoms with Crippen LogP contribution in [0.25, 0.3) is 0 Å². The molecule has 0 spiro atoms. The quantitative estimate of drug-likeness (QED) is 0.669. The molecule has 0 radical (unpaired) electrons. The van der Waals surface area contributed by atoms with Gasteiger partial charge in [0.25, 0.3) is 0 Å². The summed E-state index contributed by atoms with van der Waals surface area (Å²) in [6.07, 6.45) is 3.94. The van der Waals surface area contributed by atoms with Gasteiger partial charge >= 0.3 is 0 Å². The van der Waals surface area contributed by atoms with Gasteiger partial charge in [-0.15, -0.1) is 6.58 Å². The van der Waals surface area contributed by atoms with Gasteiger partial charge in [-0.25, -0.2) is 0 Å². The van der Waals surface area contributed by atoms with Crippen LogP contribution >= 0.6 is 0 Å². The van der Waals surface area contributed by atoms with Gasteiger partial charge in [-0.1, -0.05) is 40.7 Å². The van der Waals surface area contributed by atoms with Crippen LogP contribution in [0.15, 0.2) is 12.7 Å². The number of rotatable bonds is 5. The van der Waals surface area contributed by atoms with E-state index in [0.717, 1.165) is 12.8 Å². The van der Waals surface area contributed by atoms with Gasteiger partial charge in [0.2, 0.25) is 0 Å². The highest BCUT2D eigenvalue weighted by atomic mass is 16.3. The molecule has 0 aromatic rings. The molecule has 0 aliphatic heterocycles. The molecule has 2 atom stereocenters. The maximum Gasteiger partial charge on any atom is 0.0490 e. The monoisotopic (exact) mass is 198 g/mol. The Morgan fingerprint density at radius 2 is 1.79 bits per heavy atom. The molecule has 0 fully saturated rings. The third kappa shape index (κ3) is 4.28. The van der Waals surface area contributed by atoms with Crippen LogP contribution in [-0.2, 0) is 0 Å². The molecule has 0 saturated carbocycles. The minimum Gasteiger partial charge on any atom is -0.396 e. The highest BCUT2D eigenvalue weighted by molar-refractivity contribution is 4.88. The summed E-state index contributed by atoms with van der Waals surface area (Å²) in [5, 5.41) is 9.44. The van der Waals surface area contributed by atoms with Gasteiger partial charge in [-0.3, -0.25) is 0 Å². The number of allylic oxidation sites excluding steroid dienone is 1. The summed E-state index contributed by atoms with van der Waals surface area (Å²) >= 11 is 0. The molecular formula is C13H26O. The Morgan fingerprint density at radius 1 is 1.29 bits per heavy atom. The van der Waals surface area contributed by atoms with E-state index in [1.165, 1.54) is 0 Å². The first-order valence-corrected chi connectivity index (χ1v) is 5.47. The normalized spacial score (nSPS) is 18.7. The van der Waals surface area contributed by atoms with Crippen LogP contribution in [0.5, 0.6) is 0 Å². The topological polar surface area (TPSA) is 20.2 Å². The molecule has 0 heterocycles. The summed E-state index contributed by atoms with van der Waals surface area (Å²) in [4.78, 5) is 0. The van der Waals surface area contributed by atoms with Crippen LogP contribution in [0, 0.1) is 16.7 Å². The van der Waals surface area contributed by atoms with Crippen molar-refractivity contribution in [2.75, 3.05) is 6.61 Å². The molecule has 1 heteroatoms. The highest BCUT2D eigenvalue weighted by Crippen LogP contribution is 2.38.